The van der Waals surface area contributed by atoms with Crippen molar-refractivity contribution >= 4 is 15.8 Å². The molecule has 0 radical (unpaired) electrons. The van der Waals surface area contributed by atoms with Crippen molar-refractivity contribution in [3.05, 3.63) is 11.8 Å². The molecule has 1 heterocycles. The second-order valence-corrected chi connectivity index (χ2v) is 5.61. The van der Waals surface area contributed by atoms with Crippen LogP contribution in [0.5, 0.6) is 0 Å². The molecule has 2 N–H and O–H groups in total. The summed E-state index contributed by atoms with van der Waals surface area (Å²) in [6.45, 7) is 5.41. The molecule has 0 saturated heterocycles. The molecule has 1 rings (SSSR count). The van der Waals surface area contributed by atoms with Crippen molar-refractivity contribution < 1.29 is 8.42 Å². The van der Waals surface area contributed by atoms with Crippen LogP contribution in [0.15, 0.2) is 6.20 Å². The van der Waals surface area contributed by atoms with Crippen LogP contribution in [0.2, 0.25) is 0 Å². The molecule has 6 heteroatoms. The van der Waals surface area contributed by atoms with E-state index in [1.54, 1.807) is 6.92 Å². The topological polar surface area (TPSA) is 78.0 Å². The zero-order valence-electron chi connectivity index (χ0n) is 8.56. The maximum atomic E-state index is 11.7. The van der Waals surface area contributed by atoms with Crippen molar-refractivity contribution in [2.24, 2.45) is 5.92 Å². The highest BCUT2D eigenvalue weighted by Gasteiger charge is 2.17. The number of anilines is 1. The van der Waals surface area contributed by atoms with Gasteiger partial charge < -0.3 is 5.73 Å². The molecule has 0 bridgehead atoms. The van der Waals surface area contributed by atoms with E-state index in [1.165, 1.54) is 6.20 Å². The summed E-state index contributed by atoms with van der Waals surface area (Å²) in [6.07, 6.45) is 1.44. The molecule has 0 aliphatic carbocycles. The van der Waals surface area contributed by atoms with Crippen molar-refractivity contribution in [2.45, 2.75) is 20.8 Å². The maximum absolute atomic E-state index is 11.7. The van der Waals surface area contributed by atoms with Crippen LogP contribution >= 0.6 is 0 Å². The Labute approximate surface area is 84.0 Å². The number of rotatable bonds is 3. The molecule has 1 aromatic rings. The van der Waals surface area contributed by atoms with E-state index in [0.29, 0.717) is 5.56 Å². The third kappa shape index (κ3) is 2.25. The summed E-state index contributed by atoms with van der Waals surface area (Å²) in [5.41, 5.74) is 6.15. The van der Waals surface area contributed by atoms with E-state index < -0.39 is 10.0 Å². The van der Waals surface area contributed by atoms with Crippen LogP contribution in [0.25, 0.3) is 0 Å². The first-order valence-electron chi connectivity index (χ1n) is 4.38. The van der Waals surface area contributed by atoms with Gasteiger partial charge in [-0.25, -0.2) is 8.42 Å². The lowest BCUT2D eigenvalue weighted by Gasteiger charge is -2.05. The van der Waals surface area contributed by atoms with E-state index in [-0.39, 0.29) is 17.5 Å². The minimum Gasteiger partial charge on any atom is -0.382 e. The Kier molecular flexibility index (Phi) is 2.84. The molecule has 80 valence electrons. The van der Waals surface area contributed by atoms with Crippen molar-refractivity contribution in [1.82, 2.24) is 9.19 Å². The minimum atomic E-state index is -3.34. The van der Waals surface area contributed by atoms with Crippen LogP contribution in [0.3, 0.4) is 0 Å². The average Bonchev–Trinajstić information content (AvgIpc) is 2.30. The highest BCUT2D eigenvalue weighted by atomic mass is 32.2. The van der Waals surface area contributed by atoms with Crippen LogP contribution in [0.1, 0.15) is 19.4 Å². The molecule has 0 fully saturated rings. The molecule has 0 spiro atoms. The van der Waals surface area contributed by atoms with Crippen LogP contribution < -0.4 is 5.73 Å². The lowest BCUT2D eigenvalue weighted by Crippen LogP contribution is -2.20. The Hall–Kier alpha value is -1.04. The SMILES string of the molecule is Cc1cn(S(=O)(=O)CC(C)C)nc1N. The van der Waals surface area contributed by atoms with Gasteiger partial charge >= 0.3 is 0 Å². The van der Waals surface area contributed by atoms with Crippen molar-refractivity contribution in [2.75, 3.05) is 11.5 Å². The van der Waals surface area contributed by atoms with E-state index in [0.717, 1.165) is 4.09 Å². The largest absolute Gasteiger partial charge is 0.382 e. The van der Waals surface area contributed by atoms with Crippen LogP contribution in [0.4, 0.5) is 5.82 Å². The molecule has 0 saturated carbocycles. The highest BCUT2D eigenvalue weighted by Crippen LogP contribution is 2.10. The molecule has 14 heavy (non-hydrogen) atoms. The smallest absolute Gasteiger partial charge is 0.254 e. The number of hydrogen-bond acceptors (Lipinski definition) is 4. The zero-order valence-corrected chi connectivity index (χ0v) is 9.37. The quantitative estimate of drug-likeness (QED) is 0.804. The number of hydrogen-bond donors (Lipinski definition) is 1. The third-order valence-electron chi connectivity index (χ3n) is 1.74. The summed E-state index contributed by atoms with van der Waals surface area (Å²) in [6, 6.07) is 0. The first kappa shape index (κ1) is 11.0. The van der Waals surface area contributed by atoms with E-state index in [4.69, 9.17) is 5.73 Å². The Morgan fingerprint density at radius 1 is 1.57 bits per heavy atom. The zero-order chi connectivity index (χ0) is 10.9. The fourth-order valence-electron chi connectivity index (χ4n) is 1.09. The molecule has 0 amide bonds. The van der Waals surface area contributed by atoms with Crippen molar-refractivity contribution in [3.63, 3.8) is 0 Å². The van der Waals surface area contributed by atoms with Crippen molar-refractivity contribution in [3.8, 4) is 0 Å². The summed E-state index contributed by atoms with van der Waals surface area (Å²) < 4.78 is 24.3. The van der Waals surface area contributed by atoms with Crippen LogP contribution in [-0.4, -0.2) is 23.4 Å². The summed E-state index contributed by atoms with van der Waals surface area (Å²) in [4.78, 5) is 0. The van der Waals surface area contributed by atoms with Gasteiger partial charge in [-0.1, -0.05) is 13.8 Å². The van der Waals surface area contributed by atoms with E-state index >= 15 is 0 Å². The van der Waals surface area contributed by atoms with Gasteiger partial charge in [-0.2, -0.15) is 4.09 Å². The molecule has 1 aromatic heterocycles. The fraction of sp³-hybridized carbons (Fsp3) is 0.625. The second kappa shape index (κ2) is 3.61. The molecule has 0 unspecified atom stereocenters. The van der Waals surface area contributed by atoms with Gasteiger partial charge in [-0.05, 0) is 12.8 Å². The number of aryl methyl sites for hydroxylation is 1. The average molecular weight is 217 g/mol. The Balaban J connectivity index is 3.05. The highest BCUT2D eigenvalue weighted by molar-refractivity contribution is 7.89. The lowest BCUT2D eigenvalue weighted by molar-refractivity contribution is 0.567. The van der Waals surface area contributed by atoms with Crippen molar-refractivity contribution in [1.29, 1.82) is 0 Å². The molecule has 0 aromatic carbocycles. The molecule has 0 aliphatic heterocycles. The predicted octanol–water partition coefficient (Wildman–Crippen LogP) is 0.608. The Morgan fingerprint density at radius 2 is 2.14 bits per heavy atom. The van der Waals surface area contributed by atoms with Gasteiger partial charge in [0.2, 0.25) is 0 Å². The van der Waals surface area contributed by atoms with Gasteiger partial charge in [0.25, 0.3) is 10.0 Å². The second-order valence-electron chi connectivity index (χ2n) is 3.74. The molecular weight excluding hydrogens is 202 g/mol. The third-order valence-corrected chi connectivity index (χ3v) is 3.59. The standard InChI is InChI=1S/C8H15N3O2S/c1-6(2)5-14(12,13)11-4-7(3)8(9)10-11/h4,6H,5H2,1-3H3,(H2,9,10). The van der Waals surface area contributed by atoms with E-state index in [2.05, 4.69) is 5.10 Å². The van der Waals surface area contributed by atoms with Gasteiger partial charge in [-0.3, -0.25) is 0 Å². The van der Waals surface area contributed by atoms with Crippen LogP contribution in [-0.2, 0) is 10.0 Å². The molecule has 0 aliphatic rings. The van der Waals surface area contributed by atoms with Gasteiger partial charge in [-0.15, -0.1) is 5.10 Å². The van der Waals surface area contributed by atoms with Gasteiger partial charge in [0.05, 0.1) is 5.75 Å². The molecular formula is C8H15N3O2S. The van der Waals surface area contributed by atoms with E-state index in [1.807, 2.05) is 13.8 Å². The predicted molar refractivity (Wildman–Crippen MR) is 55.4 cm³/mol. The summed E-state index contributed by atoms with van der Waals surface area (Å²) in [7, 11) is -3.34. The normalized spacial score (nSPS) is 12.3. The molecule has 5 nitrogen and oxygen atoms in total. The Morgan fingerprint density at radius 3 is 2.50 bits per heavy atom. The first-order valence-corrected chi connectivity index (χ1v) is 5.99. The lowest BCUT2D eigenvalue weighted by atomic mass is 10.3. The number of nitrogens with two attached hydrogens (primary N) is 1. The summed E-state index contributed by atoms with van der Waals surface area (Å²) in [5.74, 6) is 0.413. The number of aromatic nitrogens is 2. The fourth-order valence-corrected chi connectivity index (χ4v) is 2.61. The van der Waals surface area contributed by atoms with Gasteiger partial charge in [0.15, 0.2) is 0 Å². The summed E-state index contributed by atoms with van der Waals surface area (Å²) >= 11 is 0. The maximum Gasteiger partial charge on any atom is 0.254 e. The first-order chi connectivity index (χ1) is 6.33. The van der Waals surface area contributed by atoms with E-state index in [9.17, 15) is 8.42 Å². The number of nitrogens with zero attached hydrogens (tertiary/aromatic N) is 2. The summed E-state index contributed by atoms with van der Waals surface area (Å²) in [5, 5.41) is 3.74. The Bertz CT molecular complexity index is 400. The van der Waals surface area contributed by atoms with Crippen LogP contribution in [0, 0.1) is 12.8 Å². The number of nitrogen functional groups attached to an aromatic ring is 1. The monoisotopic (exact) mass is 217 g/mol. The molecule has 0 atom stereocenters. The van der Waals surface area contributed by atoms with Gasteiger partial charge in [0, 0.05) is 11.8 Å². The minimum absolute atomic E-state index is 0.0748. The van der Waals surface area contributed by atoms with Gasteiger partial charge in [0.1, 0.15) is 5.82 Å².